The number of ether oxygens (including phenoxy) is 3. The molecule has 1 fully saturated rings. The van der Waals surface area contributed by atoms with E-state index in [1.165, 1.54) is 161 Å². The van der Waals surface area contributed by atoms with Gasteiger partial charge < -0.3 is 45.1 Å². The predicted molar refractivity (Wildman–Crippen MR) is 297 cm³/mol. The van der Waals surface area contributed by atoms with E-state index in [1.807, 2.05) is 6.08 Å². The first-order valence-corrected chi connectivity index (χ1v) is 29.9. The van der Waals surface area contributed by atoms with Gasteiger partial charge >= 0.3 is 5.97 Å². The highest BCUT2D eigenvalue weighted by atomic mass is 16.7. The van der Waals surface area contributed by atoms with Gasteiger partial charge in [0.15, 0.2) is 6.29 Å². The van der Waals surface area contributed by atoms with Gasteiger partial charge in [0.25, 0.3) is 0 Å². The lowest BCUT2D eigenvalue weighted by atomic mass is 9.99. The number of aliphatic hydroxyl groups excluding tert-OH is 5. The topological polar surface area (TPSA) is 175 Å². The Bertz CT molecular complexity index is 1340. The molecule has 11 heteroatoms. The van der Waals surface area contributed by atoms with E-state index in [4.69, 9.17) is 14.2 Å². The van der Waals surface area contributed by atoms with Crippen molar-refractivity contribution in [1.82, 2.24) is 5.32 Å². The standard InChI is InChI=1S/C61H111NO10/c1-3-5-7-9-11-13-15-28-31-35-39-43-47-54(64)53(52-71-61-60(69)59(68)58(67)55(51-63)72-61)62-56(65)48-44-40-36-32-29-25-23-21-19-17-16-18-20-22-24-26-30-34-38-42-46-50-70-57(66)49-45-41-37-33-27-14-12-10-8-6-4-2/h26,28,30-31,38,42-43,47,53-55,58-61,63-64,67-69H,3-25,27,29,32-37,39-41,44-46,48-52H2,1-2H3,(H,62,65)/b30-26-,31-28+,42-38-,47-43+. The lowest BCUT2D eigenvalue weighted by molar-refractivity contribution is -0.302. The Labute approximate surface area is 440 Å². The minimum absolute atomic E-state index is 0.0497. The van der Waals surface area contributed by atoms with Crippen LogP contribution in [0.1, 0.15) is 264 Å². The van der Waals surface area contributed by atoms with Crippen molar-refractivity contribution < 1.29 is 49.3 Å². The molecule has 0 aromatic carbocycles. The van der Waals surface area contributed by atoms with E-state index in [9.17, 15) is 35.1 Å². The van der Waals surface area contributed by atoms with Crippen molar-refractivity contribution in [3.05, 3.63) is 48.6 Å². The molecule has 1 aliphatic heterocycles. The number of nitrogens with one attached hydrogen (secondary N) is 1. The largest absolute Gasteiger partial charge is 0.465 e. The van der Waals surface area contributed by atoms with Crippen LogP contribution >= 0.6 is 0 Å². The Kier molecular flexibility index (Phi) is 47.7. The number of aliphatic hydroxyl groups is 5. The van der Waals surface area contributed by atoms with Gasteiger partial charge in [-0.05, 0) is 64.2 Å². The van der Waals surface area contributed by atoms with E-state index in [-0.39, 0.29) is 18.5 Å². The average molecular weight is 1020 g/mol. The molecule has 6 N–H and O–H groups in total. The van der Waals surface area contributed by atoms with Crippen LogP contribution in [0.25, 0.3) is 0 Å². The fraction of sp³-hybridized carbons (Fsp3) is 0.836. The molecule has 72 heavy (non-hydrogen) atoms. The molecule has 11 nitrogen and oxygen atoms in total. The summed E-state index contributed by atoms with van der Waals surface area (Å²) in [6, 6.07) is -0.831. The lowest BCUT2D eigenvalue weighted by Gasteiger charge is -2.40. The highest BCUT2D eigenvalue weighted by Crippen LogP contribution is 2.23. The van der Waals surface area contributed by atoms with E-state index in [0.29, 0.717) is 19.4 Å². The summed E-state index contributed by atoms with van der Waals surface area (Å²) in [6.45, 7) is 4.19. The molecule has 0 spiro atoms. The van der Waals surface area contributed by atoms with Crippen molar-refractivity contribution in [3.8, 4) is 0 Å². The van der Waals surface area contributed by atoms with Crippen LogP contribution in [0.5, 0.6) is 0 Å². The second kappa shape index (κ2) is 50.8. The minimum atomic E-state index is -1.58. The van der Waals surface area contributed by atoms with Gasteiger partial charge in [0, 0.05) is 12.8 Å². The lowest BCUT2D eigenvalue weighted by Crippen LogP contribution is -2.60. The van der Waals surface area contributed by atoms with Gasteiger partial charge in [-0.25, -0.2) is 0 Å². The SMILES string of the molecule is CCCCCCCC/C=C/CC/C=C/C(O)C(COC1OC(CO)C(O)C(O)C1O)NC(=O)CCCCCCCCCCCCCCCC/C=C\C/C=C\CCOC(=O)CCCCCCCCCCCCC. The first kappa shape index (κ1) is 67.6. The van der Waals surface area contributed by atoms with Crippen LogP contribution in [0.4, 0.5) is 0 Å². The van der Waals surface area contributed by atoms with Crippen molar-refractivity contribution in [2.75, 3.05) is 19.8 Å². The van der Waals surface area contributed by atoms with Crippen molar-refractivity contribution in [2.24, 2.45) is 0 Å². The molecule has 0 aliphatic carbocycles. The van der Waals surface area contributed by atoms with Crippen LogP contribution in [-0.4, -0.2) is 100 Å². The van der Waals surface area contributed by atoms with Crippen LogP contribution < -0.4 is 5.32 Å². The molecular weight excluding hydrogens is 907 g/mol. The van der Waals surface area contributed by atoms with Gasteiger partial charge in [-0.2, -0.15) is 0 Å². The fourth-order valence-electron chi connectivity index (χ4n) is 9.17. The molecule has 0 saturated carbocycles. The number of carbonyl (C=O) groups is 2. The van der Waals surface area contributed by atoms with E-state index in [0.717, 1.165) is 77.0 Å². The molecule has 420 valence electrons. The normalized spacial score (nSPS) is 19.3. The smallest absolute Gasteiger partial charge is 0.305 e. The number of hydrogen-bond acceptors (Lipinski definition) is 10. The van der Waals surface area contributed by atoms with Crippen molar-refractivity contribution >= 4 is 11.9 Å². The van der Waals surface area contributed by atoms with Crippen LogP contribution in [0.3, 0.4) is 0 Å². The zero-order valence-corrected chi connectivity index (χ0v) is 46.1. The van der Waals surface area contributed by atoms with E-state index < -0.39 is 49.5 Å². The summed E-state index contributed by atoms with van der Waals surface area (Å²) in [4.78, 5) is 25.0. The first-order chi connectivity index (χ1) is 35.2. The van der Waals surface area contributed by atoms with E-state index >= 15 is 0 Å². The van der Waals surface area contributed by atoms with Crippen molar-refractivity contribution in [1.29, 1.82) is 0 Å². The maximum absolute atomic E-state index is 13.0. The highest BCUT2D eigenvalue weighted by Gasteiger charge is 2.44. The summed E-state index contributed by atoms with van der Waals surface area (Å²) in [6.07, 6.45) is 53.6. The maximum Gasteiger partial charge on any atom is 0.305 e. The third-order valence-corrected chi connectivity index (χ3v) is 13.9. The zero-order chi connectivity index (χ0) is 52.4. The Hall–Kier alpha value is -2.38. The molecular formula is C61H111NO10. The number of carbonyl (C=O) groups excluding carboxylic acids is 2. The van der Waals surface area contributed by atoms with Crippen molar-refractivity contribution in [2.45, 2.75) is 307 Å². The summed E-state index contributed by atoms with van der Waals surface area (Å²) in [5.41, 5.74) is 0. The van der Waals surface area contributed by atoms with E-state index in [2.05, 4.69) is 55.6 Å². The van der Waals surface area contributed by atoms with Gasteiger partial charge in [-0.1, -0.05) is 236 Å². The molecule has 7 unspecified atom stereocenters. The average Bonchev–Trinajstić information content (AvgIpc) is 3.38. The highest BCUT2D eigenvalue weighted by molar-refractivity contribution is 5.76. The predicted octanol–water partition coefficient (Wildman–Crippen LogP) is 13.7. The number of hydrogen-bond donors (Lipinski definition) is 6. The summed E-state index contributed by atoms with van der Waals surface area (Å²) < 4.78 is 16.6. The third-order valence-electron chi connectivity index (χ3n) is 13.9. The van der Waals surface area contributed by atoms with Gasteiger partial charge in [0.1, 0.15) is 24.4 Å². The quantitative estimate of drug-likeness (QED) is 0.0195. The van der Waals surface area contributed by atoms with Crippen LogP contribution in [0.2, 0.25) is 0 Å². The molecule has 7 atom stereocenters. The number of rotatable bonds is 51. The number of esters is 1. The molecule has 0 radical (unpaired) electrons. The van der Waals surface area contributed by atoms with Gasteiger partial charge in [-0.15, -0.1) is 0 Å². The van der Waals surface area contributed by atoms with Gasteiger partial charge in [0.05, 0.1) is 32.0 Å². The van der Waals surface area contributed by atoms with E-state index in [1.54, 1.807) is 6.08 Å². The number of amides is 1. The Balaban J connectivity index is 2.10. The number of allylic oxidation sites excluding steroid dienone is 6. The molecule has 0 aromatic rings. The first-order valence-electron chi connectivity index (χ1n) is 29.9. The Morgan fingerprint density at radius 3 is 1.46 bits per heavy atom. The van der Waals surface area contributed by atoms with Crippen LogP contribution in [0, 0.1) is 0 Å². The molecule has 1 rings (SSSR count). The molecule has 1 amide bonds. The van der Waals surface area contributed by atoms with Gasteiger partial charge in [-0.3, -0.25) is 9.59 Å². The summed E-state index contributed by atoms with van der Waals surface area (Å²) in [7, 11) is 0. The van der Waals surface area contributed by atoms with Crippen LogP contribution in [0.15, 0.2) is 48.6 Å². The summed E-state index contributed by atoms with van der Waals surface area (Å²) in [5.74, 6) is -0.247. The minimum Gasteiger partial charge on any atom is -0.465 e. The van der Waals surface area contributed by atoms with Crippen LogP contribution in [-0.2, 0) is 23.8 Å². The summed E-state index contributed by atoms with van der Waals surface area (Å²) >= 11 is 0. The molecule has 0 aromatic heterocycles. The fourth-order valence-corrected chi connectivity index (χ4v) is 9.17. The second-order valence-electron chi connectivity index (χ2n) is 20.7. The molecule has 1 heterocycles. The third kappa shape index (κ3) is 40.0. The van der Waals surface area contributed by atoms with Crippen molar-refractivity contribution in [3.63, 3.8) is 0 Å². The monoisotopic (exact) mass is 1020 g/mol. The molecule has 0 bridgehead atoms. The molecule has 1 saturated heterocycles. The Morgan fingerprint density at radius 1 is 0.514 bits per heavy atom. The maximum atomic E-state index is 13.0. The second-order valence-corrected chi connectivity index (χ2v) is 20.7. The number of unbranched alkanes of at least 4 members (excludes halogenated alkanes) is 31. The van der Waals surface area contributed by atoms with Gasteiger partial charge in [0.2, 0.25) is 5.91 Å². The molecule has 1 aliphatic rings. The summed E-state index contributed by atoms with van der Waals surface area (Å²) in [5, 5.41) is 54.3. The zero-order valence-electron chi connectivity index (χ0n) is 46.1. The Morgan fingerprint density at radius 2 is 0.944 bits per heavy atom.